The molecule has 1 heterocycles. The van der Waals surface area contributed by atoms with E-state index in [2.05, 4.69) is 5.32 Å². The zero-order chi connectivity index (χ0) is 13.8. The van der Waals surface area contributed by atoms with Gasteiger partial charge < -0.3 is 9.73 Å². The summed E-state index contributed by atoms with van der Waals surface area (Å²) in [4.78, 5) is 21.6. The number of hydrogen-bond acceptors (Lipinski definition) is 4. The highest BCUT2D eigenvalue weighted by Crippen LogP contribution is 2.16. The maximum absolute atomic E-state index is 13.4. The molecule has 0 radical (unpaired) electrons. The molecule has 19 heavy (non-hydrogen) atoms. The van der Waals surface area contributed by atoms with Gasteiger partial charge in [0.1, 0.15) is 5.82 Å². The van der Waals surface area contributed by atoms with Gasteiger partial charge in [0, 0.05) is 24.2 Å². The molecule has 0 saturated carbocycles. The molecule has 0 aliphatic carbocycles. The third-order valence-corrected chi connectivity index (χ3v) is 2.44. The second-order valence-electron chi connectivity index (χ2n) is 3.74. The molecule has 0 unspecified atom stereocenters. The van der Waals surface area contributed by atoms with Crippen molar-refractivity contribution in [2.75, 3.05) is 0 Å². The topological polar surface area (TPSA) is 85.4 Å². The average molecular weight is 264 g/mol. The van der Waals surface area contributed by atoms with Gasteiger partial charge >= 0.3 is 0 Å². The summed E-state index contributed by atoms with van der Waals surface area (Å²) in [5.74, 6) is -1.53. The summed E-state index contributed by atoms with van der Waals surface area (Å²) < 4.78 is 18.3. The second kappa shape index (κ2) is 5.30. The SMILES string of the molecule is O=C(NCc1ccoc1)c1cc([N+](=O)[O-])ccc1F. The molecule has 0 bridgehead atoms. The molecule has 6 nitrogen and oxygen atoms in total. The molecule has 98 valence electrons. The molecule has 1 aromatic heterocycles. The van der Waals surface area contributed by atoms with Crippen LogP contribution < -0.4 is 5.32 Å². The minimum absolute atomic E-state index is 0.150. The number of carbonyl (C=O) groups is 1. The van der Waals surface area contributed by atoms with Crippen LogP contribution in [0.5, 0.6) is 0 Å². The number of hydrogen-bond donors (Lipinski definition) is 1. The van der Waals surface area contributed by atoms with Gasteiger partial charge in [-0.3, -0.25) is 14.9 Å². The van der Waals surface area contributed by atoms with Crippen molar-refractivity contribution in [1.82, 2.24) is 5.32 Å². The molecule has 0 atom stereocenters. The van der Waals surface area contributed by atoms with E-state index in [9.17, 15) is 19.3 Å². The number of non-ortho nitro benzene ring substituents is 1. The third-order valence-electron chi connectivity index (χ3n) is 2.44. The maximum Gasteiger partial charge on any atom is 0.270 e. The molecule has 1 N–H and O–H groups in total. The average Bonchev–Trinajstić information content (AvgIpc) is 2.89. The number of furan rings is 1. The lowest BCUT2D eigenvalue weighted by Crippen LogP contribution is -2.23. The van der Waals surface area contributed by atoms with Crippen LogP contribution in [0.15, 0.2) is 41.2 Å². The standard InChI is InChI=1S/C12H9FN2O4/c13-11-2-1-9(15(17)18)5-10(11)12(16)14-6-8-3-4-19-7-8/h1-5,7H,6H2,(H,14,16). The Bertz CT molecular complexity index is 610. The lowest BCUT2D eigenvalue weighted by molar-refractivity contribution is -0.384. The van der Waals surface area contributed by atoms with Crippen molar-refractivity contribution in [2.45, 2.75) is 6.54 Å². The number of amides is 1. The summed E-state index contributed by atoms with van der Waals surface area (Å²) in [5.41, 5.74) is 0.00625. The zero-order valence-corrected chi connectivity index (χ0v) is 9.63. The van der Waals surface area contributed by atoms with Crippen LogP contribution in [-0.4, -0.2) is 10.8 Å². The largest absolute Gasteiger partial charge is 0.472 e. The van der Waals surface area contributed by atoms with Crippen molar-refractivity contribution in [1.29, 1.82) is 0 Å². The predicted octanol–water partition coefficient (Wildman–Crippen LogP) is 2.26. The highest BCUT2D eigenvalue weighted by Gasteiger charge is 2.16. The minimum atomic E-state index is -0.810. The van der Waals surface area contributed by atoms with Gasteiger partial charge in [0.15, 0.2) is 0 Å². The summed E-state index contributed by atoms with van der Waals surface area (Å²) in [5, 5.41) is 13.0. The van der Waals surface area contributed by atoms with Crippen molar-refractivity contribution in [3.05, 3.63) is 63.9 Å². The van der Waals surface area contributed by atoms with Gasteiger partial charge in [-0.1, -0.05) is 0 Å². The molecular formula is C12H9FN2O4. The first-order valence-electron chi connectivity index (χ1n) is 5.31. The first-order valence-corrected chi connectivity index (χ1v) is 5.31. The second-order valence-corrected chi connectivity index (χ2v) is 3.74. The van der Waals surface area contributed by atoms with Gasteiger partial charge in [0.2, 0.25) is 0 Å². The summed E-state index contributed by atoms with van der Waals surface area (Å²) >= 11 is 0. The van der Waals surface area contributed by atoms with Crippen LogP contribution >= 0.6 is 0 Å². The molecule has 0 spiro atoms. The predicted molar refractivity (Wildman–Crippen MR) is 62.9 cm³/mol. The Morgan fingerprint density at radius 1 is 1.42 bits per heavy atom. The normalized spacial score (nSPS) is 10.2. The highest BCUT2D eigenvalue weighted by atomic mass is 19.1. The van der Waals surface area contributed by atoms with E-state index in [1.54, 1.807) is 6.07 Å². The van der Waals surface area contributed by atoms with E-state index in [0.29, 0.717) is 5.56 Å². The Labute approximate surface area is 107 Å². The van der Waals surface area contributed by atoms with Gasteiger partial charge in [-0.25, -0.2) is 4.39 Å². The molecule has 0 aliphatic heterocycles. The Kier molecular flexibility index (Phi) is 3.56. The van der Waals surface area contributed by atoms with Crippen LogP contribution in [0.2, 0.25) is 0 Å². The highest BCUT2D eigenvalue weighted by molar-refractivity contribution is 5.95. The fourth-order valence-corrected chi connectivity index (χ4v) is 1.47. The van der Waals surface area contributed by atoms with Crippen LogP contribution in [0.3, 0.4) is 0 Å². The van der Waals surface area contributed by atoms with E-state index in [1.807, 2.05) is 0 Å². The van der Waals surface area contributed by atoms with E-state index in [4.69, 9.17) is 4.42 Å². The number of carbonyl (C=O) groups excluding carboxylic acids is 1. The molecule has 1 aromatic carbocycles. The molecular weight excluding hydrogens is 255 g/mol. The third kappa shape index (κ3) is 2.95. The van der Waals surface area contributed by atoms with Gasteiger partial charge in [0.05, 0.1) is 23.0 Å². The Hall–Kier alpha value is -2.70. The fraction of sp³-hybridized carbons (Fsp3) is 0.0833. The fourth-order valence-electron chi connectivity index (χ4n) is 1.47. The van der Waals surface area contributed by atoms with E-state index < -0.39 is 16.6 Å². The molecule has 0 saturated heterocycles. The van der Waals surface area contributed by atoms with Crippen molar-refractivity contribution in [2.24, 2.45) is 0 Å². The Morgan fingerprint density at radius 2 is 2.21 bits per heavy atom. The Morgan fingerprint density at radius 3 is 2.84 bits per heavy atom. The van der Waals surface area contributed by atoms with Crippen molar-refractivity contribution in [3.8, 4) is 0 Å². The molecule has 1 amide bonds. The van der Waals surface area contributed by atoms with E-state index in [0.717, 1.165) is 18.2 Å². The lowest BCUT2D eigenvalue weighted by atomic mass is 10.1. The molecule has 7 heteroatoms. The summed E-state index contributed by atoms with van der Waals surface area (Å²) in [6.45, 7) is 0.150. The monoisotopic (exact) mass is 264 g/mol. The summed E-state index contributed by atoms with van der Waals surface area (Å²) in [7, 11) is 0. The quantitative estimate of drug-likeness (QED) is 0.678. The number of rotatable bonds is 4. The van der Waals surface area contributed by atoms with Crippen LogP contribution in [0.25, 0.3) is 0 Å². The van der Waals surface area contributed by atoms with Crippen molar-refractivity contribution in [3.63, 3.8) is 0 Å². The van der Waals surface area contributed by atoms with Gasteiger partial charge in [-0.2, -0.15) is 0 Å². The van der Waals surface area contributed by atoms with Gasteiger partial charge in [-0.05, 0) is 12.1 Å². The number of nitro benzene ring substituents is 1. The number of halogens is 1. The maximum atomic E-state index is 13.4. The number of benzene rings is 1. The molecule has 2 aromatic rings. The van der Waals surface area contributed by atoms with Crippen molar-refractivity contribution >= 4 is 11.6 Å². The zero-order valence-electron chi connectivity index (χ0n) is 9.63. The van der Waals surface area contributed by atoms with E-state index >= 15 is 0 Å². The summed E-state index contributed by atoms with van der Waals surface area (Å²) in [6, 6.07) is 4.44. The molecule has 0 aliphatic rings. The van der Waals surface area contributed by atoms with E-state index in [-0.39, 0.29) is 17.8 Å². The molecule has 2 rings (SSSR count). The van der Waals surface area contributed by atoms with Crippen LogP contribution in [0, 0.1) is 15.9 Å². The summed E-state index contributed by atoms with van der Waals surface area (Å²) in [6.07, 6.45) is 2.87. The molecule has 0 fully saturated rings. The number of nitrogens with one attached hydrogen (secondary N) is 1. The van der Waals surface area contributed by atoms with Crippen LogP contribution in [0.4, 0.5) is 10.1 Å². The van der Waals surface area contributed by atoms with Crippen LogP contribution in [-0.2, 0) is 6.54 Å². The Balaban J connectivity index is 2.14. The number of nitrogens with zero attached hydrogens (tertiary/aromatic N) is 1. The van der Waals surface area contributed by atoms with Crippen LogP contribution in [0.1, 0.15) is 15.9 Å². The first-order chi connectivity index (χ1) is 9.08. The lowest BCUT2D eigenvalue weighted by Gasteiger charge is -2.04. The minimum Gasteiger partial charge on any atom is -0.472 e. The smallest absolute Gasteiger partial charge is 0.270 e. The van der Waals surface area contributed by atoms with Gasteiger partial charge in [-0.15, -0.1) is 0 Å². The first kappa shape index (κ1) is 12.7. The number of nitro groups is 1. The van der Waals surface area contributed by atoms with Gasteiger partial charge in [0.25, 0.3) is 11.6 Å². The van der Waals surface area contributed by atoms with Crippen molar-refractivity contribution < 1.29 is 18.5 Å². The van der Waals surface area contributed by atoms with E-state index in [1.165, 1.54) is 12.5 Å².